The van der Waals surface area contributed by atoms with Gasteiger partial charge in [-0.2, -0.15) is 0 Å². The van der Waals surface area contributed by atoms with Gasteiger partial charge in [-0.25, -0.2) is 5.06 Å². The van der Waals surface area contributed by atoms with E-state index in [2.05, 4.69) is 0 Å². The van der Waals surface area contributed by atoms with Crippen LogP contribution in [0.4, 0.5) is 5.69 Å². The van der Waals surface area contributed by atoms with Crippen molar-refractivity contribution >= 4 is 27.3 Å². The molecule has 2 saturated heterocycles. The van der Waals surface area contributed by atoms with Crippen LogP contribution < -0.4 is 5.06 Å². The molecule has 0 unspecified atom stereocenters. The molecule has 0 aromatic heterocycles. The van der Waals surface area contributed by atoms with Gasteiger partial charge in [0.2, 0.25) is 0 Å². The van der Waals surface area contributed by atoms with E-state index in [1.54, 1.807) is 5.06 Å². The molecule has 1 spiro atoms. The summed E-state index contributed by atoms with van der Waals surface area (Å²) in [4.78, 5) is 5.93. The van der Waals surface area contributed by atoms with Crippen molar-refractivity contribution in [3.63, 3.8) is 0 Å². The largest absolute Gasteiger partial charge is 0.270 e. The average molecular weight is 347 g/mol. The van der Waals surface area contributed by atoms with Gasteiger partial charge in [-0.05, 0) is 17.7 Å². The quantitative estimate of drug-likeness (QED) is 0.837. The molecule has 120 valence electrons. The maximum absolute atomic E-state index is 12.8. The zero-order valence-corrected chi connectivity index (χ0v) is 14.1. The zero-order chi connectivity index (χ0) is 15.9. The summed E-state index contributed by atoms with van der Waals surface area (Å²) < 4.78 is 24.7. The third-order valence-corrected chi connectivity index (χ3v) is 9.15. The Hall–Kier alpha value is -1.50. The lowest BCUT2D eigenvalue weighted by atomic mass is 10.0. The minimum Gasteiger partial charge on any atom is -0.270 e. The second-order valence-electron chi connectivity index (χ2n) is 5.66. The molecule has 2 aliphatic heterocycles. The fourth-order valence-electron chi connectivity index (χ4n) is 3.30. The summed E-state index contributed by atoms with van der Waals surface area (Å²) in [5, 5.41) is 1.79. The van der Waals surface area contributed by atoms with E-state index >= 15 is 0 Å². The van der Waals surface area contributed by atoms with Crippen LogP contribution in [0.15, 0.2) is 60.7 Å². The molecule has 2 aliphatic rings. The van der Waals surface area contributed by atoms with Gasteiger partial charge < -0.3 is 0 Å². The summed E-state index contributed by atoms with van der Waals surface area (Å²) in [5.74, 6) is 0.948. The van der Waals surface area contributed by atoms with Crippen LogP contribution in [0.3, 0.4) is 0 Å². The van der Waals surface area contributed by atoms with Crippen LogP contribution in [0.2, 0.25) is 0 Å². The van der Waals surface area contributed by atoms with Gasteiger partial charge >= 0.3 is 0 Å². The summed E-state index contributed by atoms with van der Waals surface area (Å²) in [6.07, 6.45) is 0. The number of benzene rings is 2. The Bertz CT molecular complexity index is 735. The van der Waals surface area contributed by atoms with E-state index in [9.17, 15) is 8.42 Å². The van der Waals surface area contributed by atoms with E-state index in [0.717, 1.165) is 11.3 Å². The summed E-state index contributed by atoms with van der Waals surface area (Å²) >= 11 is 0. The Balaban J connectivity index is 1.86. The maximum Gasteiger partial charge on any atom is 0.173 e. The monoisotopic (exact) mass is 347 g/mol. The molecule has 4 rings (SSSR count). The van der Waals surface area contributed by atoms with Crippen molar-refractivity contribution in [1.29, 1.82) is 0 Å². The van der Waals surface area contributed by atoms with Crippen molar-refractivity contribution in [2.24, 2.45) is 0 Å². The first-order valence-corrected chi connectivity index (χ1v) is 10.2. The number of para-hydroxylation sites is 1. The van der Waals surface area contributed by atoms with Crippen molar-refractivity contribution in [3.8, 4) is 0 Å². The minimum absolute atomic E-state index is 0.223. The van der Waals surface area contributed by atoms with Crippen LogP contribution in [0.25, 0.3) is 0 Å². The van der Waals surface area contributed by atoms with E-state index in [4.69, 9.17) is 4.84 Å². The van der Waals surface area contributed by atoms with Crippen LogP contribution in [-0.4, -0.2) is 30.6 Å². The third kappa shape index (κ3) is 2.28. The highest BCUT2D eigenvalue weighted by Gasteiger charge is 2.61. The molecular formula is C17H17NO3S2. The van der Waals surface area contributed by atoms with E-state index < -0.39 is 25.7 Å². The molecule has 3 atom stereocenters. The number of rotatable bonds is 2. The second-order valence-corrected chi connectivity index (χ2v) is 9.57. The maximum atomic E-state index is 12.8. The fourth-order valence-corrected chi connectivity index (χ4v) is 7.86. The van der Waals surface area contributed by atoms with Gasteiger partial charge in [0.1, 0.15) is 12.6 Å². The van der Waals surface area contributed by atoms with Crippen molar-refractivity contribution in [1.82, 2.24) is 0 Å². The molecule has 0 amide bonds. The Morgan fingerprint density at radius 3 is 2.09 bits per heavy atom. The second kappa shape index (κ2) is 5.85. The van der Waals surface area contributed by atoms with E-state index in [-0.39, 0.29) is 12.6 Å². The van der Waals surface area contributed by atoms with Gasteiger partial charge in [0.05, 0.1) is 5.69 Å². The van der Waals surface area contributed by atoms with Crippen molar-refractivity contribution in [3.05, 3.63) is 66.2 Å². The number of hydrogen-bond donors (Lipinski definition) is 0. The summed E-state index contributed by atoms with van der Waals surface area (Å²) in [7, 11) is -2.36. The SMILES string of the molecule is O=[S@@]1CC[S@@](=O)C12CON(c1ccccc1)[C@@H]2c1ccccc1. The Kier molecular flexibility index (Phi) is 3.83. The molecule has 6 heteroatoms. The zero-order valence-electron chi connectivity index (χ0n) is 12.5. The molecule has 2 fully saturated rings. The summed E-state index contributed by atoms with van der Waals surface area (Å²) in [5.41, 5.74) is 1.87. The molecule has 2 heterocycles. The lowest BCUT2D eigenvalue weighted by Crippen LogP contribution is -2.43. The predicted molar refractivity (Wildman–Crippen MR) is 92.8 cm³/mol. The number of hydrogen-bond acceptors (Lipinski definition) is 4. The Labute approximate surface area is 140 Å². The van der Waals surface area contributed by atoms with E-state index in [0.29, 0.717) is 11.5 Å². The highest BCUT2D eigenvalue weighted by molar-refractivity contribution is 8.07. The number of hydroxylamine groups is 1. The molecule has 23 heavy (non-hydrogen) atoms. The van der Waals surface area contributed by atoms with Gasteiger partial charge in [0.25, 0.3) is 0 Å². The third-order valence-electron chi connectivity index (χ3n) is 4.41. The van der Waals surface area contributed by atoms with Crippen LogP contribution in [0.1, 0.15) is 11.6 Å². The topological polar surface area (TPSA) is 46.6 Å². The first-order chi connectivity index (χ1) is 11.2. The molecule has 0 N–H and O–H groups in total. The molecule has 0 bridgehead atoms. The molecular weight excluding hydrogens is 330 g/mol. The summed E-state index contributed by atoms with van der Waals surface area (Å²) in [6, 6.07) is 19.2. The molecule has 0 saturated carbocycles. The van der Waals surface area contributed by atoms with Gasteiger partial charge in [-0.15, -0.1) is 0 Å². The van der Waals surface area contributed by atoms with Crippen molar-refractivity contribution < 1.29 is 13.3 Å². The number of nitrogens with zero attached hydrogens (tertiary/aromatic N) is 1. The first kappa shape index (κ1) is 15.1. The van der Waals surface area contributed by atoms with Crippen LogP contribution in [0, 0.1) is 0 Å². The average Bonchev–Trinajstić information content (AvgIpc) is 3.14. The van der Waals surface area contributed by atoms with Crippen LogP contribution in [-0.2, 0) is 26.4 Å². The van der Waals surface area contributed by atoms with Crippen molar-refractivity contribution in [2.45, 2.75) is 10.1 Å². The van der Waals surface area contributed by atoms with Gasteiger partial charge in [-0.1, -0.05) is 48.5 Å². The molecule has 0 aliphatic carbocycles. The van der Waals surface area contributed by atoms with E-state index in [1.807, 2.05) is 60.7 Å². The first-order valence-electron chi connectivity index (χ1n) is 7.52. The van der Waals surface area contributed by atoms with Crippen LogP contribution in [0.5, 0.6) is 0 Å². The number of anilines is 1. The smallest absolute Gasteiger partial charge is 0.173 e. The molecule has 4 nitrogen and oxygen atoms in total. The minimum atomic E-state index is -1.18. The predicted octanol–water partition coefficient (Wildman–Crippen LogP) is 2.39. The van der Waals surface area contributed by atoms with Gasteiger partial charge in [0.15, 0.2) is 4.08 Å². The Morgan fingerprint density at radius 2 is 1.48 bits per heavy atom. The highest BCUT2D eigenvalue weighted by Crippen LogP contribution is 2.48. The highest BCUT2D eigenvalue weighted by atomic mass is 32.3. The summed E-state index contributed by atoms with van der Waals surface area (Å²) in [6.45, 7) is 0.223. The van der Waals surface area contributed by atoms with Crippen LogP contribution >= 0.6 is 0 Å². The lowest BCUT2D eigenvalue weighted by Gasteiger charge is -2.31. The molecule has 0 radical (unpaired) electrons. The fraction of sp³-hybridized carbons (Fsp3) is 0.294. The van der Waals surface area contributed by atoms with E-state index in [1.165, 1.54) is 0 Å². The normalized spacial score (nSPS) is 29.2. The Morgan fingerprint density at radius 1 is 0.913 bits per heavy atom. The standard InChI is InChI=1S/C17H17NO3S2/c19-22-11-12-23(20)17(22)13-21-18(15-9-5-2-6-10-15)16(17)14-7-3-1-4-8-14/h1-10,16H,11-13H2/t16-,22-,23-/m1/s1. The lowest BCUT2D eigenvalue weighted by molar-refractivity contribution is 0.158. The van der Waals surface area contributed by atoms with Crippen molar-refractivity contribution in [2.75, 3.05) is 23.2 Å². The molecule has 2 aromatic rings. The van der Waals surface area contributed by atoms with Gasteiger partial charge in [-0.3, -0.25) is 13.3 Å². The van der Waals surface area contributed by atoms with Gasteiger partial charge in [0, 0.05) is 33.1 Å². The molecule has 2 aromatic carbocycles.